The monoisotopic (exact) mass is 471 g/mol. The Hall–Kier alpha value is -2.96. The zero-order valence-corrected chi connectivity index (χ0v) is 18.6. The Labute approximate surface area is 183 Å². The van der Waals surface area contributed by atoms with Gasteiger partial charge in [-0.3, -0.25) is 19.5 Å². The van der Waals surface area contributed by atoms with Gasteiger partial charge in [-0.15, -0.1) is 0 Å². The second-order valence-electron chi connectivity index (χ2n) is 6.44. The minimum absolute atomic E-state index is 0.0299. The van der Waals surface area contributed by atoms with Crippen LogP contribution in [-0.2, 0) is 26.1 Å². The SMILES string of the molecule is COC(=O)Nc1cc(Cl)ccc1-c1cc(=O)n(CC(=O)NCCNS(C)(=O)=O)c(C)n1. The van der Waals surface area contributed by atoms with E-state index in [0.717, 1.165) is 6.26 Å². The predicted molar refractivity (Wildman–Crippen MR) is 116 cm³/mol. The molecule has 13 heteroatoms. The van der Waals surface area contributed by atoms with Crippen molar-refractivity contribution in [2.75, 3.05) is 31.8 Å². The van der Waals surface area contributed by atoms with E-state index in [4.69, 9.17) is 11.6 Å². The fourth-order valence-corrected chi connectivity index (χ4v) is 3.24. The molecule has 168 valence electrons. The van der Waals surface area contributed by atoms with E-state index in [-0.39, 0.29) is 31.2 Å². The van der Waals surface area contributed by atoms with Crippen LogP contribution in [0.5, 0.6) is 0 Å². The summed E-state index contributed by atoms with van der Waals surface area (Å²) in [7, 11) is -2.14. The molecule has 1 heterocycles. The number of benzene rings is 1. The Balaban J connectivity index is 2.20. The van der Waals surface area contributed by atoms with Crippen molar-refractivity contribution in [3.63, 3.8) is 0 Å². The Bertz CT molecular complexity index is 1150. The number of carbonyl (C=O) groups excluding carboxylic acids is 2. The van der Waals surface area contributed by atoms with Crippen LogP contribution in [0.4, 0.5) is 10.5 Å². The highest BCUT2D eigenvalue weighted by atomic mass is 35.5. The molecule has 2 amide bonds. The number of carbonyl (C=O) groups is 2. The van der Waals surface area contributed by atoms with Gasteiger partial charge in [-0.05, 0) is 25.1 Å². The number of ether oxygens (including phenoxy) is 1. The average Bonchev–Trinajstić information content (AvgIpc) is 2.67. The maximum absolute atomic E-state index is 12.6. The maximum Gasteiger partial charge on any atom is 0.411 e. The smallest absolute Gasteiger partial charge is 0.411 e. The molecule has 0 radical (unpaired) electrons. The van der Waals surface area contributed by atoms with E-state index < -0.39 is 27.6 Å². The summed E-state index contributed by atoms with van der Waals surface area (Å²) in [6.45, 7) is 1.37. The van der Waals surface area contributed by atoms with Crippen molar-refractivity contribution < 1.29 is 22.7 Å². The van der Waals surface area contributed by atoms with Crippen LogP contribution in [0.2, 0.25) is 5.02 Å². The van der Waals surface area contributed by atoms with E-state index in [1.165, 1.54) is 23.8 Å². The van der Waals surface area contributed by atoms with Crippen LogP contribution < -0.4 is 20.9 Å². The molecule has 0 fully saturated rings. The van der Waals surface area contributed by atoms with Crippen molar-refractivity contribution in [3.05, 3.63) is 45.5 Å². The van der Waals surface area contributed by atoms with Gasteiger partial charge in [-0.1, -0.05) is 11.6 Å². The standard InChI is InChI=1S/C18H22ClN5O6S/c1-11-22-15(13-5-4-12(19)8-14(13)23-18(27)30-2)9-17(26)24(11)10-16(25)20-6-7-21-31(3,28)29/h4-5,8-9,21H,6-7,10H2,1-3H3,(H,20,25)(H,23,27). The molecule has 0 atom stereocenters. The molecule has 31 heavy (non-hydrogen) atoms. The number of anilines is 1. The fourth-order valence-electron chi connectivity index (χ4n) is 2.59. The Morgan fingerprint density at radius 3 is 2.55 bits per heavy atom. The maximum atomic E-state index is 12.6. The number of nitrogens with zero attached hydrogens (tertiary/aromatic N) is 2. The summed E-state index contributed by atoms with van der Waals surface area (Å²) in [5.74, 6) is -0.208. The molecule has 2 rings (SSSR count). The number of sulfonamides is 1. The number of halogens is 1. The Kier molecular flexibility index (Phi) is 8.14. The molecule has 0 bridgehead atoms. The molecule has 1 aromatic heterocycles. The van der Waals surface area contributed by atoms with Crippen LogP contribution >= 0.6 is 11.6 Å². The van der Waals surface area contributed by atoms with Gasteiger partial charge in [0, 0.05) is 29.7 Å². The van der Waals surface area contributed by atoms with Crippen LogP contribution in [-0.4, -0.2) is 56.4 Å². The number of amides is 2. The molecule has 1 aromatic carbocycles. The minimum Gasteiger partial charge on any atom is -0.453 e. The third-order valence-electron chi connectivity index (χ3n) is 3.99. The summed E-state index contributed by atoms with van der Waals surface area (Å²) in [5, 5.41) is 5.40. The van der Waals surface area contributed by atoms with Gasteiger partial charge in [0.2, 0.25) is 15.9 Å². The van der Waals surface area contributed by atoms with E-state index in [1.807, 2.05) is 0 Å². The zero-order valence-electron chi connectivity index (χ0n) is 17.1. The first-order chi connectivity index (χ1) is 14.5. The van der Waals surface area contributed by atoms with E-state index in [1.54, 1.807) is 19.1 Å². The van der Waals surface area contributed by atoms with Gasteiger partial charge in [0.25, 0.3) is 5.56 Å². The minimum atomic E-state index is -3.35. The molecule has 11 nitrogen and oxygen atoms in total. The van der Waals surface area contributed by atoms with Crippen LogP contribution in [0, 0.1) is 6.92 Å². The summed E-state index contributed by atoms with van der Waals surface area (Å²) >= 11 is 5.99. The van der Waals surface area contributed by atoms with Crippen molar-refractivity contribution in [1.29, 1.82) is 0 Å². The van der Waals surface area contributed by atoms with Gasteiger partial charge in [0.1, 0.15) is 12.4 Å². The van der Waals surface area contributed by atoms with Crippen LogP contribution in [0.25, 0.3) is 11.3 Å². The number of rotatable bonds is 8. The lowest BCUT2D eigenvalue weighted by Gasteiger charge is -2.14. The summed E-state index contributed by atoms with van der Waals surface area (Å²) in [4.78, 5) is 40.7. The first-order valence-electron chi connectivity index (χ1n) is 8.95. The number of nitrogens with one attached hydrogen (secondary N) is 3. The first-order valence-corrected chi connectivity index (χ1v) is 11.2. The van der Waals surface area contributed by atoms with E-state index in [0.29, 0.717) is 16.3 Å². The fraction of sp³-hybridized carbons (Fsp3) is 0.333. The molecule has 3 N–H and O–H groups in total. The number of aromatic nitrogens is 2. The first kappa shape index (κ1) is 24.3. The lowest BCUT2D eigenvalue weighted by molar-refractivity contribution is -0.121. The Morgan fingerprint density at radius 1 is 1.23 bits per heavy atom. The van der Waals surface area contributed by atoms with Crippen molar-refractivity contribution in [2.45, 2.75) is 13.5 Å². The number of aryl methyl sites for hydroxylation is 1. The quantitative estimate of drug-likeness (QED) is 0.480. The molecule has 0 aliphatic heterocycles. The molecule has 0 aliphatic carbocycles. The van der Waals surface area contributed by atoms with Gasteiger partial charge < -0.3 is 10.1 Å². The molecule has 0 aliphatic rings. The molecule has 0 unspecified atom stereocenters. The second-order valence-corrected chi connectivity index (χ2v) is 8.71. The van der Waals surface area contributed by atoms with Gasteiger partial charge in [0.15, 0.2) is 0 Å². The van der Waals surface area contributed by atoms with Crippen molar-refractivity contribution in [3.8, 4) is 11.3 Å². The van der Waals surface area contributed by atoms with Gasteiger partial charge in [0.05, 0.1) is 24.7 Å². The Morgan fingerprint density at radius 2 is 1.94 bits per heavy atom. The largest absolute Gasteiger partial charge is 0.453 e. The van der Waals surface area contributed by atoms with Crippen molar-refractivity contribution in [1.82, 2.24) is 19.6 Å². The van der Waals surface area contributed by atoms with E-state index in [9.17, 15) is 22.8 Å². The van der Waals surface area contributed by atoms with E-state index in [2.05, 4.69) is 25.1 Å². The normalized spacial score (nSPS) is 11.1. The number of methoxy groups -OCH3 is 1. The lowest BCUT2D eigenvalue weighted by Crippen LogP contribution is -2.38. The summed E-state index contributed by atoms with van der Waals surface area (Å²) < 4.78 is 30.0. The van der Waals surface area contributed by atoms with Crippen LogP contribution in [0.3, 0.4) is 0 Å². The van der Waals surface area contributed by atoms with E-state index >= 15 is 0 Å². The molecular weight excluding hydrogens is 450 g/mol. The molecule has 0 spiro atoms. The van der Waals surface area contributed by atoms with Gasteiger partial charge in [-0.25, -0.2) is 22.9 Å². The highest BCUT2D eigenvalue weighted by Gasteiger charge is 2.15. The third kappa shape index (κ3) is 7.35. The highest BCUT2D eigenvalue weighted by molar-refractivity contribution is 7.88. The van der Waals surface area contributed by atoms with Crippen molar-refractivity contribution in [2.24, 2.45) is 0 Å². The number of hydrogen-bond acceptors (Lipinski definition) is 7. The van der Waals surface area contributed by atoms with Gasteiger partial charge >= 0.3 is 6.09 Å². The molecule has 0 saturated carbocycles. The number of hydrogen-bond donors (Lipinski definition) is 3. The topological polar surface area (TPSA) is 148 Å². The van der Waals surface area contributed by atoms with Crippen LogP contribution in [0.15, 0.2) is 29.1 Å². The zero-order chi connectivity index (χ0) is 23.2. The second kappa shape index (κ2) is 10.4. The highest BCUT2D eigenvalue weighted by Crippen LogP contribution is 2.29. The average molecular weight is 472 g/mol. The molecular formula is C18H22ClN5O6S. The summed E-state index contributed by atoms with van der Waals surface area (Å²) in [5.41, 5.74) is 0.545. The molecule has 2 aromatic rings. The lowest BCUT2D eigenvalue weighted by atomic mass is 10.1. The van der Waals surface area contributed by atoms with Crippen molar-refractivity contribution >= 4 is 39.3 Å². The van der Waals surface area contributed by atoms with Crippen LogP contribution in [0.1, 0.15) is 5.82 Å². The summed E-state index contributed by atoms with van der Waals surface area (Å²) in [6.07, 6.45) is 0.299. The predicted octanol–water partition coefficient (Wildman–Crippen LogP) is 0.716. The third-order valence-corrected chi connectivity index (χ3v) is 4.96. The molecule has 0 saturated heterocycles. The summed E-state index contributed by atoms with van der Waals surface area (Å²) in [6, 6.07) is 5.91. The van der Waals surface area contributed by atoms with Gasteiger partial charge in [-0.2, -0.15) is 0 Å².